The predicted octanol–water partition coefficient (Wildman–Crippen LogP) is 1.28. The molecule has 0 bridgehead atoms. The molecule has 0 radical (unpaired) electrons. The Bertz CT molecular complexity index is 408. The highest BCUT2D eigenvalue weighted by atomic mass is 16.5. The monoisotopic (exact) mass is 164 g/mol. The van der Waals surface area contributed by atoms with Crippen LogP contribution in [0.25, 0.3) is 11.0 Å². The zero-order valence-electron chi connectivity index (χ0n) is 6.56. The lowest BCUT2D eigenvalue weighted by Crippen LogP contribution is -1.86. The van der Waals surface area contributed by atoms with Crippen LogP contribution >= 0.6 is 0 Å². The van der Waals surface area contributed by atoms with Crippen molar-refractivity contribution in [3.05, 3.63) is 24.5 Å². The number of methoxy groups -OCH3 is 1. The Balaban J connectivity index is 2.69. The third kappa shape index (κ3) is 0.887. The molecule has 1 heterocycles. The van der Waals surface area contributed by atoms with Crippen LogP contribution in [0.15, 0.2) is 24.5 Å². The van der Waals surface area contributed by atoms with Crippen LogP contribution < -0.4 is 4.74 Å². The molecule has 62 valence electrons. The number of ether oxygens (including phenoxy) is 1. The SMILES string of the molecule is COc1ccc2c(c1)ncn2O. The molecule has 0 spiro atoms. The van der Waals surface area contributed by atoms with Crippen LogP contribution in [0, 0.1) is 0 Å². The van der Waals surface area contributed by atoms with Gasteiger partial charge in [0.05, 0.1) is 12.6 Å². The summed E-state index contributed by atoms with van der Waals surface area (Å²) in [6, 6.07) is 5.29. The van der Waals surface area contributed by atoms with Gasteiger partial charge in [0.1, 0.15) is 17.6 Å². The molecule has 0 fully saturated rings. The molecule has 4 heteroatoms. The maximum absolute atomic E-state index is 9.19. The summed E-state index contributed by atoms with van der Waals surface area (Å²) in [6.07, 6.45) is 1.35. The van der Waals surface area contributed by atoms with E-state index in [0.29, 0.717) is 5.52 Å². The first-order valence-electron chi connectivity index (χ1n) is 3.51. The van der Waals surface area contributed by atoms with Crippen LogP contribution in [-0.4, -0.2) is 22.0 Å². The second-order valence-electron chi connectivity index (χ2n) is 2.44. The lowest BCUT2D eigenvalue weighted by molar-refractivity contribution is 0.198. The zero-order chi connectivity index (χ0) is 8.55. The molecular formula is C8H8N2O2. The molecule has 0 amide bonds. The third-order valence-corrected chi connectivity index (χ3v) is 1.74. The molecular weight excluding hydrogens is 156 g/mol. The normalized spacial score (nSPS) is 10.4. The molecule has 0 saturated carbocycles. The van der Waals surface area contributed by atoms with Crippen molar-refractivity contribution in [2.45, 2.75) is 0 Å². The molecule has 0 aliphatic rings. The van der Waals surface area contributed by atoms with Crippen molar-refractivity contribution in [1.29, 1.82) is 0 Å². The van der Waals surface area contributed by atoms with E-state index in [4.69, 9.17) is 4.74 Å². The summed E-state index contributed by atoms with van der Waals surface area (Å²) in [7, 11) is 1.59. The zero-order valence-corrected chi connectivity index (χ0v) is 6.56. The first kappa shape index (κ1) is 6.97. The van der Waals surface area contributed by atoms with Crippen LogP contribution in [0.5, 0.6) is 5.75 Å². The van der Waals surface area contributed by atoms with Gasteiger partial charge in [-0.1, -0.05) is 0 Å². The molecule has 1 N–H and O–H groups in total. The van der Waals surface area contributed by atoms with Crippen LogP contribution in [0.3, 0.4) is 0 Å². The number of hydrogen-bond donors (Lipinski definition) is 1. The number of nitrogens with zero attached hydrogens (tertiary/aromatic N) is 2. The predicted molar refractivity (Wildman–Crippen MR) is 43.5 cm³/mol. The van der Waals surface area contributed by atoms with Gasteiger partial charge in [-0.15, -0.1) is 0 Å². The average Bonchev–Trinajstić information content (AvgIpc) is 2.47. The second kappa shape index (κ2) is 2.41. The molecule has 2 rings (SSSR count). The number of hydrogen-bond acceptors (Lipinski definition) is 3. The van der Waals surface area contributed by atoms with Crippen LogP contribution in [0.4, 0.5) is 0 Å². The Hall–Kier alpha value is -1.71. The van der Waals surface area contributed by atoms with E-state index in [1.165, 1.54) is 6.33 Å². The number of rotatable bonds is 1. The Morgan fingerprint density at radius 1 is 1.50 bits per heavy atom. The minimum absolute atomic E-state index is 0.677. The lowest BCUT2D eigenvalue weighted by atomic mass is 10.3. The van der Waals surface area contributed by atoms with E-state index in [-0.39, 0.29) is 0 Å². The minimum Gasteiger partial charge on any atom is -0.497 e. The van der Waals surface area contributed by atoms with Crippen LogP contribution in [0.1, 0.15) is 0 Å². The maximum Gasteiger partial charge on any atom is 0.133 e. The second-order valence-corrected chi connectivity index (χ2v) is 2.44. The fourth-order valence-corrected chi connectivity index (χ4v) is 1.11. The minimum atomic E-state index is 0.677. The average molecular weight is 164 g/mol. The fourth-order valence-electron chi connectivity index (χ4n) is 1.11. The number of fused-ring (bicyclic) bond motifs is 1. The van der Waals surface area contributed by atoms with Gasteiger partial charge in [-0.2, -0.15) is 4.73 Å². The highest BCUT2D eigenvalue weighted by Crippen LogP contribution is 2.18. The molecule has 2 aromatic rings. The molecule has 1 aromatic heterocycles. The van der Waals surface area contributed by atoms with Gasteiger partial charge >= 0.3 is 0 Å². The molecule has 4 nitrogen and oxygen atoms in total. The van der Waals surface area contributed by atoms with Crippen molar-refractivity contribution in [3.63, 3.8) is 0 Å². The largest absolute Gasteiger partial charge is 0.497 e. The Kier molecular flexibility index (Phi) is 1.40. The van der Waals surface area contributed by atoms with Crippen molar-refractivity contribution in [2.24, 2.45) is 0 Å². The van der Waals surface area contributed by atoms with Gasteiger partial charge < -0.3 is 9.94 Å². The van der Waals surface area contributed by atoms with E-state index in [9.17, 15) is 5.21 Å². The third-order valence-electron chi connectivity index (χ3n) is 1.74. The van der Waals surface area contributed by atoms with Crippen LogP contribution in [0.2, 0.25) is 0 Å². The topological polar surface area (TPSA) is 47.3 Å². The van der Waals surface area contributed by atoms with Gasteiger partial charge in [-0.25, -0.2) is 4.98 Å². The summed E-state index contributed by atoms with van der Waals surface area (Å²) < 4.78 is 5.98. The number of imidazole rings is 1. The molecule has 0 atom stereocenters. The highest BCUT2D eigenvalue weighted by molar-refractivity contribution is 5.76. The Morgan fingerprint density at radius 2 is 2.33 bits per heavy atom. The van der Waals surface area contributed by atoms with Crippen molar-refractivity contribution in [2.75, 3.05) is 7.11 Å². The first-order chi connectivity index (χ1) is 5.81. The molecule has 0 unspecified atom stereocenters. The van der Waals surface area contributed by atoms with Gasteiger partial charge in [0.2, 0.25) is 0 Å². The van der Waals surface area contributed by atoms with Crippen LogP contribution in [-0.2, 0) is 0 Å². The van der Waals surface area contributed by atoms with Crippen molar-refractivity contribution in [1.82, 2.24) is 9.71 Å². The number of aromatic nitrogens is 2. The molecule has 0 aliphatic carbocycles. The standard InChI is InChI=1S/C8H8N2O2/c1-12-6-2-3-8-7(4-6)9-5-10(8)11/h2-5,11H,1H3. The smallest absolute Gasteiger partial charge is 0.133 e. The highest BCUT2D eigenvalue weighted by Gasteiger charge is 2.01. The van der Waals surface area contributed by atoms with Gasteiger partial charge in [0.15, 0.2) is 0 Å². The van der Waals surface area contributed by atoms with Gasteiger partial charge in [0.25, 0.3) is 0 Å². The summed E-state index contributed by atoms with van der Waals surface area (Å²) >= 11 is 0. The molecule has 12 heavy (non-hydrogen) atoms. The lowest BCUT2D eigenvalue weighted by Gasteiger charge is -1.97. The van der Waals surface area contributed by atoms with E-state index in [1.807, 2.05) is 0 Å². The van der Waals surface area contributed by atoms with Gasteiger partial charge in [-0.3, -0.25) is 0 Å². The van der Waals surface area contributed by atoms with Crippen molar-refractivity contribution in [3.8, 4) is 5.75 Å². The summed E-state index contributed by atoms with van der Waals surface area (Å²) in [4.78, 5) is 3.96. The first-order valence-corrected chi connectivity index (χ1v) is 3.51. The number of benzene rings is 1. The van der Waals surface area contributed by atoms with E-state index >= 15 is 0 Å². The summed E-state index contributed by atoms with van der Waals surface area (Å²) in [5.41, 5.74) is 1.40. The van der Waals surface area contributed by atoms with Crippen molar-refractivity contribution < 1.29 is 9.94 Å². The van der Waals surface area contributed by atoms with E-state index in [2.05, 4.69) is 4.98 Å². The van der Waals surface area contributed by atoms with E-state index < -0.39 is 0 Å². The van der Waals surface area contributed by atoms with Gasteiger partial charge in [-0.05, 0) is 12.1 Å². The van der Waals surface area contributed by atoms with Crippen molar-refractivity contribution >= 4 is 11.0 Å². The Labute approximate surface area is 69.0 Å². The molecule has 0 saturated heterocycles. The fraction of sp³-hybridized carbons (Fsp3) is 0.125. The quantitative estimate of drug-likeness (QED) is 0.646. The van der Waals surface area contributed by atoms with E-state index in [0.717, 1.165) is 16.0 Å². The molecule has 1 aromatic carbocycles. The van der Waals surface area contributed by atoms with E-state index in [1.54, 1.807) is 25.3 Å². The Morgan fingerprint density at radius 3 is 3.08 bits per heavy atom. The summed E-state index contributed by atoms with van der Waals surface area (Å²) in [5, 5.41) is 9.19. The van der Waals surface area contributed by atoms with Gasteiger partial charge in [0, 0.05) is 6.07 Å². The molecule has 0 aliphatic heterocycles. The summed E-state index contributed by atoms with van der Waals surface area (Å²) in [5.74, 6) is 0.737. The summed E-state index contributed by atoms with van der Waals surface area (Å²) in [6.45, 7) is 0. The maximum atomic E-state index is 9.19.